The highest BCUT2D eigenvalue weighted by Crippen LogP contribution is 2.28. The van der Waals surface area contributed by atoms with Gasteiger partial charge < -0.3 is 14.4 Å². The van der Waals surface area contributed by atoms with Gasteiger partial charge in [0.25, 0.3) is 0 Å². The first-order valence-electron chi connectivity index (χ1n) is 9.42. The number of nitrogens with zero attached hydrogens (tertiary/aromatic N) is 2. The zero-order chi connectivity index (χ0) is 21.1. The van der Waals surface area contributed by atoms with Gasteiger partial charge in [-0.1, -0.05) is 24.3 Å². The van der Waals surface area contributed by atoms with Crippen LogP contribution in [-0.2, 0) is 9.47 Å². The Bertz CT molecular complexity index is 716. The highest BCUT2D eigenvalue weighted by Gasteiger charge is 2.37. The number of piperazine rings is 1. The average Bonchev–Trinajstić information content (AvgIpc) is 2.58. The minimum atomic E-state index is -0.620. The molecule has 1 aromatic carbocycles. The van der Waals surface area contributed by atoms with E-state index in [0.29, 0.717) is 18.7 Å². The second-order valence-electron chi connectivity index (χ2n) is 8.90. The standard InChI is InChI=1S/C21H30N2O5/c1-20(2,3)27-18(25)22-11-12-23(19(26)28-21(4,5)6)17(13-22)16-9-7-15(14-24)8-10-16/h7-10,14,17H,11-13H2,1-6H3. The number of amides is 2. The number of benzene rings is 1. The maximum Gasteiger partial charge on any atom is 0.410 e. The predicted molar refractivity (Wildman–Crippen MR) is 105 cm³/mol. The summed E-state index contributed by atoms with van der Waals surface area (Å²) in [6, 6.07) is 6.59. The third kappa shape index (κ3) is 5.97. The Labute approximate surface area is 166 Å². The lowest BCUT2D eigenvalue weighted by Gasteiger charge is -2.42. The molecule has 0 saturated carbocycles. The molecule has 1 aromatic rings. The van der Waals surface area contributed by atoms with Gasteiger partial charge >= 0.3 is 12.2 Å². The highest BCUT2D eigenvalue weighted by molar-refractivity contribution is 5.75. The third-order valence-corrected chi connectivity index (χ3v) is 4.12. The van der Waals surface area contributed by atoms with E-state index in [1.807, 2.05) is 41.5 Å². The van der Waals surface area contributed by atoms with Crippen LogP contribution in [0, 0.1) is 0 Å². The van der Waals surface area contributed by atoms with Crippen molar-refractivity contribution in [1.29, 1.82) is 0 Å². The Kier molecular flexibility index (Phi) is 6.37. The van der Waals surface area contributed by atoms with Gasteiger partial charge in [-0.15, -0.1) is 0 Å². The molecular weight excluding hydrogens is 360 g/mol. The van der Waals surface area contributed by atoms with Crippen molar-refractivity contribution in [3.63, 3.8) is 0 Å². The number of ether oxygens (including phenoxy) is 2. The van der Waals surface area contributed by atoms with E-state index in [1.54, 1.807) is 34.1 Å². The first kappa shape index (κ1) is 21.7. The van der Waals surface area contributed by atoms with Gasteiger partial charge in [-0.05, 0) is 47.1 Å². The summed E-state index contributed by atoms with van der Waals surface area (Å²) in [5.41, 5.74) is 0.156. The lowest BCUT2D eigenvalue weighted by Crippen LogP contribution is -2.54. The van der Waals surface area contributed by atoms with Gasteiger partial charge in [0.05, 0.1) is 6.04 Å². The van der Waals surface area contributed by atoms with Crippen LogP contribution in [0.4, 0.5) is 9.59 Å². The molecule has 0 spiro atoms. The second-order valence-corrected chi connectivity index (χ2v) is 8.90. The van der Waals surface area contributed by atoms with Crippen molar-refractivity contribution in [2.45, 2.75) is 58.8 Å². The van der Waals surface area contributed by atoms with E-state index in [0.717, 1.165) is 11.8 Å². The Hall–Kier alpha value is -2.57. The van der Waals surface area contributed by atoms with Crippen molar-refractivity contribution in [3.8, 4) is 0 Å². The summed E-state index contributed by atoms with van der Waals surface area (Å²) in [5.74, 6) is 0. The molecule has 0 aliphatic carbocycles. The molecule has 7 heteroatoms. The molecule has 0 aromatic heterocycles. The van der Waals surface area contributed by atoms with Crippen LogP contribution in [0.1, 0.15) is 63.5 Å². The maximum atomic E-state index is 12.7. The minimum absolute atomic E-state index is 0.286. The molecule has 2 rings (SSSR count). The molecule has 1 aliphatic heterocycles. The summed E-state index contributed by atoms with van der Waals surface area (Å²) in [6.07, 6.45) is -0.0739. The third-order valence-electron chi connectivity index (χ3n) is 4.12. The molecule has 1 unspecified atom stereocenters. The van der Waals surface area contributed by atoms with E-state index in [-0.39, 0.29) is 6.54 Å². The van der Waals surface area contributed by atoms with Crippen molar-refractivity contribution in [3.05, 3.63) is 35.4 Å². The first-order chi connectivity index (χ1) is 12.9. The monoisotopic (exact) mass is 390 g/mol. The van der Waals surface area contributed by atoms with Gasteiger partial charge in [-0.2, -0.15) is 0 Å². The number of rotatable bonds is 2. The normalized spacial score (nSPS) is 17.9. The number of aldehydes is 1. The summed E-state index contributed by atoms with van der Waals surface area (Å²) < 4.78 is 11.0. The van der Waals surface area contributed by atoms with Gasteiger partial charge in [0.2, 0.25) is 0 Å². The van der Waals surface area contributed by atoms with E-state index in [9.17, 15) is 14.4 Å². The summed E-state index contributed by atoms with van der Waals surface area (Å²) in [5, 5.41) is 0. The van der Waals surface area contributed by atoms with Crippen LogP contribution in [-0.4, -0.2) is 59.1 Å². The molecule has 1 fully saturated rings. The van der Waals surface area contributed by atoms with Crippen LogP contribution >= 0.6 is 0 Å². The Balaban J connectivity index is 2.27. The molecule has 1 aliphatic rings. The van der Waals surface area contributed by atoms with Crippen LogP contribution in [0.3, 0.4) is 0 Å². The quantitative estimate of drug-likeness (QED) is 0.713. The largest absolute Gasteiger partial charge is 0.444 e. The van der Waals surface area contributed by atoms with Crippen molar-refractivity contribution in [2.24, 2.45) is 0 Å². The molecule has 0 bridgehead atoms. The second kappa shape index (κ2) is 8.20. The topological polar surface area (TPSA) is 76.2 Å². The minimum Gasteiger partial charge on any atom is -0.444 e. The van der Waals surface area contributed by atoms with Gasteiger partial charge in [0.1, 0.15) is 17.5 Å². The fraction of sp³-hybridized carbons (Fsp3) is 0.571. The van der Waals surface area contributed by atoms with Crippen molar-refractivity contribution in [1.82, 2.24) is 9.80 Å². The first-order valence-corrected chi connectivity index (χ1v) is 9.42. The fourth-order valence-electron chi connectivity index (χ4n) is 2.90. The van der Waals surface area contributed by atoms with Gasteiger partial charge in [0, 0.05) is 25.2 Å². The SMILES string of the molecule is CC(C)(C)OC(=O)N1CCN(C(=O)OC(C)(C)C)C(c2ccc(C=O)cc2)C1. The van der Waals surface area contributed by atoms with E-state index in [1.165, 1.54) is 0 Å². The Morgan fingerprint density at radius 2 is 1.46 bits per heavy atom. The van der Waals surface area contributed by atoms with E-state index < -0.39 is 29.4 Å². The predicted octanol–water partition coefficient (Wildman–Crippen LogP) is 4.03. The fourth-order valence-corrected chi connectivity index (χ4v) is 2.90. The van der Waals surface area contributed by atoms with Crippen LogP contribution in [0.25, 0.3) is 0 Å². The number of hydrogen-bond donors (Lipinski definition) is 0. The molecule has 0 N–H and O–H groups in total. The molecule has 1 saturated heterocycles. The summed E-state index contributed by atoms with van der Waals surface area (Å²) in [6.45, 7) is 11.9. The van der Waals surface area contributed by atoms with Crippen molar-refractivity contribution >= 4 is 18.5 Å². The van der Waals surface area contributed by atoms with Crippen LogP contribution in [0.5, 0.6) is 0 Å². The summed E-state index contributed by atoms with van der Waals surface area (Å²) in [7, 11) is 0. The van der Waals surface area contributed by atoms with E-state index >= 15 is 0 Å². The number of carbonyl (C=O) groups is 3. The molecule has 1 atom stereocenters. The lowest BCUT2D eigenvalue weighted by atomic mass is 10.0. The average molecular weight is 390 g/mol. The van der Waals surface area contributed by atoms with Crippen molar-refractivity contribution < 1.29 is 23.9 Å². The van der Waals surface area contributed by atoms with Crippen LogP contribution in [0.15, 0.2) is 24.3 Å². The van der Waals surface area contributed by atoms with Crippen LogP contribution < -0.4 is 0 Å². The smallest absolute Gasteiger partial charge is 0.410 e. The summed E-state index contributed by atoms with van der Waals surface area (Å²) >= 11 is 0. The molecule has 0 radical (unpaired) electrons. The van der Waals surface area contributed by atoms with E-state index in [2.05, 4.69) is 0 Å². The number of hydrogen-bond acceptors (Lipinski definition) is 5. The van der Waals surface area contributed by atoms with Gasteiger partial charge in [-0.25, -0.2) is 9.59 Å². The zero-order valence-corrected chi connectivity index (χ0v) is 17.5. The molecule has 1 heterocycles. The van der Waals surface area contributed by atoms with Crippen molar-refractivity contribution in [2.75, 3.05) is 19.6 Å². The molecule has 7 nitrogen and oxygen atoms in total. The summed E-state index contributed by atoms with van der Waals surface area (Å²) in [4.78, 5) is 39.4. The lowest BCUT2D eigenvalue weighted by molar-refractivity contribution is -0.0152. The van der Waals surface area contributed by atoms with Gasteiger partial charge in [0.15, 0.2) is 0 Å². The maximum absolute atomic E-state index is 12.7. The molecular formula is C21H30N2O5. The Morgan fingerprint density at radius 3 is 1.96 bits per heavy atom. The van der Waals surface area contributed by atoms with Crippen LogP contribution in [0.2, 0.25) is 0 Å². The van der Waals surface area contributed by atoms with E-state index in [4.69, 9.17) is 9.47 Å². The zero-order valence-electron chi connectivity index (χ0n) is 17.5. The molecule has 154 valence electrons. The highest BCUT2D eigenvalue weighted by atomic mass is 16.6. The molecule has 28 heavy (non-hydrogen) atoms. The molecule has 2 amide bonds. The van der Waals surface area contributed by atoms with Gasteiger partial charge in [-0.3, -0.25) is 9.69 Å². The number of carbonyl (C=O) groups excluding carboxylic acids is 3. The Morgan fingerprint density at radius 1 is 0.929 bits per heavy atom.